The van der Waals surface area contributed by atoms with Gasteiger partial charge in [-0.25, -0.2) is 0 Å². The second-order valence-corrected chi connectivity index (χ2v) is 32.2. The van der Waals surface area contributed by atoms with Gasteiger partial charge in [0.05, 0.1) is 44.1 Å². The Morgan fingerprint density at radius 2 is 0.383 bits per heavy atom. The lowest BCUT2D eigenvalue weighted by atomic mass is 9.91. The van der Waals surface area contributed by atoms with Gasteiger partial charge in [-0.1, -0.05) is 303 Å². The van der Waals surface area contributed by atoms with Gasteiger partial charge in [-0.15, -0.1) is 0 Å². The molecule has 4 nitrogen and oxygen atoms in total. The predicted octanol–water partition coefficient (Wildman–Crippen LogP) is 31.7. The summed E-state index contributed by atoms with van der Waals surface area (Å²) in [6.07, 6.45) is 0. The third-order valence-electron chi connectivity index (χ3n) is 25.7. The molecule has 0 atom stereocenters. The Balaban J connectivity index is 0.000000133. The van der Waals surface area contributed by atoms with E-state index in [4.69, 9.17) is 0 Å². The Morgan fingerprint density at radius 1 is 0.108 bits per heavy atom. The molecule has 0 fully saturated rings. The SMILES string of the molecule is c1cc(-c2cc3c4ccccc4ccc3c3ccccc23)cc(-n2c3ccccc3c3cc(-c4ccc5c(c4)c4ccccc4n5-c4ccc5ccccc5c4)ccc32)c1.c1ccc2cc(-n3c4ccccc4c4cc(-c5ccc6c(c5)c5ccccc5n6-c5ccc(-c6cc7c8ccccc8ccc7c7ccccc67)cc5)ccc43)ccc2c1. The fourth-order valence-electron chi connectivity index (χ4n) is 20.2. The first-order valence-electron chi connectivity index (χ1n) is 41.5. The topological polar surface area (TPSA) is 19.7 Å². The smallest absolute Gasteiger partial charge is 0.0541 e. The van der Waals surface area contributed by atoms with Crippen LogP contribution in [0, 0.1) is 0 Å². The normalized spacial score (nSPS) is 12.0. The number of hydrogen-bond donors (Lipinski definition) is 0. The minimum atomic E-state index is 1.15. The monoisotopic (exact) mass is 1520 g/mol. The van der Waals surface area contributed by atoms with E-state index in [9.17, 15) is 0 Å². The molecule has 0 spiro atoms. The van der Waals surface area contributed by atoms with Crippen molar-refractivity contribution in [1.29, 1.82) is 0 Å². The maximum atomic E-state index is 2.44. The van der Waals surface area contributed by atoms with Gasteiger partial charge in [0, 0.05) is 65.8 Å². The molecule has 0 radical (unpaired) electrons. The Hall–Kier alpha value is -15.9. The third-order valence-corrected chi connectivity index (χ3v) is 25.7. The van der Waals surface area contributed by atoms with Gasteiger partial charge < -0.3 is 18.3 Å². The fraction of sp³-hybridized carbons (Fsp3) is 0. The summed E-state index contributed by atoms with van der Waals surface area (Å²) in [4.78, 5) is 0. The summed E-state index contributed by atoms with van der Waals surface area (Å²) < 4.78 is 9.68. The number of rotatable bonds is 8. The lowest BCUT2D eigenvalue weighted by Gasteiger charge is -2.15. The summed E-state index contributed by atoms with van der Waals surface area (Å²) in [5.41, 5.74) is 24.0. The van der Waals surface area contributed by atoms with Crippen LogP contribution in [0.4, 0.5) is 0 Å². The Kier molecular flexibility index (Phi) is 15.1. The molecule has 120 heavy (non-hydrogen) atoms. The summed E-state index contributed by atoms with van der Waals surface area (Å²) in [5.74, 6) is 0. The quantitative estimate of drug-likeness (QED) is 0.135. The standard InChI is InChI=1S/2C58H36N2/c1-2-14-39-32-44(28-24-37(39)12-1)60-56-23-10-8-21-50(56)54-35-41(27-31-58(54)60)40-26-30-57-53(34-40)49-20-7-9-22-55(49)59(57)43-16-11-15-42(33-43)51-36-52-45-17-4-3-13-38(45)25-29-48(52)46-18-5-6-19-47(46)51;1-2-13-40-33-44(29-21-37(40)11-1)60-56-20-10-8-18-50(56)54-35-42(26-32-58(54)60)41-25-31-57-53(34-41)49-17-7-9-19-55(49)59(57)43-27-22-39(23-28-43)51-36-52-45-14-4-3-12-38(45)24-30-48(52)46-15-5-6-16-47(46)51/h2*1-36H. The van der Waals surface area contributed by atoms with Gasteiger partial charge in [0.25, 0.3) is 0 Å². The maximum absolute atomic E-state index is 2.44. The summed E-state index contributed by atoms with van der Waals surface area (Å²) >= 11 is 0. The molecule has 26 aromatic rings. The molecule has 0 aliphatic heterocycles. The third kappa shape index (κ3) is 10.6. The average Bonchev–Trinajstić information content (AvgIpc) is 1.24. The van der Waals surface area contributed by atoms with E-state index in [1.807, 2.05) is 0 Å². The van der Waals surface area contributed by atoms with Crippen LogP contribution in [0.25, 0.3) is 241 Å². The van der Waals surface area contributed by atoms with E-state index >= 15 is 0 Å². The van der Waals surface area contributed by atoms with Crippen LogP contribution in [-0.2, 0) is 0 Å². The highest BCUT2D eigenvalue weighted by Crippen LogP contribution is 2.46. The summed E-state index contributed by atoms with van der Waals surface area (Å²) in [6, 6.07) is 161. The lowest BCUT2D eigenvalue weighted by Crippen LogP contribution is -1.95. The fourth-order valence-corrected chi connectivity index (χ4v) is 20.2. The van der Waals surface area contributed by atoms with Crippen molar-refractivity contribution in [3.63, 3.8) is 0 Å². The van der Waals surface area contributed by atoms with Crippen molar-refractivity contribution in [2.24, 2.45) is 0 Å². The second-order valence-electron chi connectivity index (χ2n) is 32.2. The van der Waals surface area contributed by atoms with E-state index in [0.29, 0.717) is 0 Å². The minimum Gasteiger partial charge on any atom is -0.309 e. The van der Waals surface area contributed by atoms with Crippen LogP contribution in [0.5, 0.6) is 0 Å². The van der Waals surface area contributed by atoms with Crippen LogP contribution < -0.4 is 0 Å². The number of hydrogen-bond acceptors (Lipinski definition) is 0. The van der Waals surface area contributed by atoms with Crippen LogP contribution in [-0.4, -0.2) is 18.3 Å². The number of aromatic nitrogens is 4. The number of benzene rings is 22. The lowest BCUT2D eigenvalue weighted by molar-refractivity contribution is 1.18. The van der Waals surface area contributed by atoms with Crippen LogP contribution in [0.2, 0.25) is 0 Å². The van der Waals surface area contributed by atoms with Gasteiger partial charge >= 0.3 is 0 Å². The van der Waals surface area contributed by atoms with Crippen LogP contribution in [0.1, 0.15) is 0 Å². The summed E-state index contributed by atoms with van der Waals surface area (Å²) in [6.45, 7) is 0. The summed E-state index contributed by atoms with van der Waals surface area (Å²) in [5, 5.41) is 30.4. The molecule has 0 saturated heterocycles. The number of para-hydroxylation sites is 4. The van der Waals surface area contributed by atoms with Crippen LogP contribution in [0.3, 0.4) is 0 Å². The molecule has 4 heterocycles. The van der Waals surface area contributed by atoms with E-state index in [0.717, 1.165) is 11.4 Å². The summed E-state index contributed by atoms with van der Waals surface area (Å²) in [7, 11) is 0. The Labute approximate surface area is 691 Å². The van der Waals surface area contributed by atoms with E-state index in [1.165, 1.54) is 229 Å². The van der Waals surface area contributed by atoms with Gasteiger partial charge in [-0.05, 0) is 264 Å². The van der Waals surface area contributed by atoms with Crippen molar-refractivity contribution in [1.82, 2.24) is 18.3 Å². The minimum absolute atomic E-state index is 1.15. The molecule has 4 aromatic heterocycles. The molecule has 0 N–H and O–H groups in total. The van der Waals surface area contributed by atoms with Crippen molar-refractivity contribution in [2.45, 2.75) is 0 Å². The van der Waals surface area contributed by atoms with Gasteiger partial charge in [0.15, 0.2) is 0 Å². The zero-order valence-corrected chi connectivity index (χ0v) is 65.4. The molecule has 0 aliphatic rings. The van der Waals surface area contributed by atoms with Gasteiger partial charge in [0.2, 0.25) is 0 Å². The van der Waals surface area contributed by atoms with Gasteiger partial charge in [0.1, 0.15) is 0 Å². The van der Waals surface area contributed by atoms with Gasteiger partial charge in [-0.2, -0.15) is 0 Å². The first kappa shape index (κ1) is 67.5. The van der Waals surface area contributed by atoms with E-state index < -0.39 is 0 Å². The molecule has 26 rings (SSSR count). The molecular weight excluding hydrogens is 1450 g/mol. The highest BCUT2D eigenvalue weighted by molar-refractivity contribution is 6.24. The first-order chi connectivity index (χ1) is 59.5. The van der Waals surface area contributed by atoms with Crippen molar-refractivity contribution >= 4 is 173 Å². The molecule has 556 valence electrons. The van der Waals surface area contributed by atoms with Crippen molar-refractivity contribution in [3.8, 4) is 67.3 Å². The van der Waals surface area contributed by atoms with Crippen LogP contribution >= 0.6 is 0 Å². The largest absolute Gasteiger partial charge is 0.309 e. The molecular formula is C116H72N4. The highest BCUT2D eigenvalue weighted by atomic mass is 15.0. The van der Waals surface area contributed by atoms with Crippen molar-refractivity contribution in [3.05, 3.63) is 437 Å². The first-order valence-corrected chi connectivity index (χ1v) is 41.5. The zero-order valence-electron chi connectivity index (χ0n) is 65.4. The average molecular weight is 1520 g/mol. The molecule has 0 bridgehead atoms. The van der Waals surface area contributed by atoms with E-state index in [-0.39, 0.29) is 0 Å². The zero-order chi connectivity index (χ0) is 78.6. The molecule has 22 aromatic carbocycles. The Morgan fingerprint density at radius 3 is 0.783 bits per heavy atom. The molecule has 0 unspecified atom stereocenters. The molecule has 4 heteroatoms. The van der Waals surface area contributed by atoms with E-state index in [2.05, 4.69) is 455 Å². The second kappa shape index (κ2) is 26.9. The predicted molar refractivity (Wildman–Crippen MR) is 512 cm³/mol. The van der Waals surface area contributed by atoms with Crippen molar-refractivity contribution in [2.75, 3.05) is 0 Å². The number of fused-ring (bicyclic) bond motifs is 24. The Bertz CT molecular complexity index is 8800. The maximum Gasteiger partial charge on any atom is 0.0541 e. The van der Waals surface area contributed by atoms with Crippen LogP contribution in [0.15, 0.2) is 437 Å². The molecule has 0 aliphatic carbocycles. The van der Waals surface area contributed by atoms with Crippen molar-refractivity contribution < 1.29 is 0 Å². The molecule has 0 amide bonds. The van der Waals surface area contributed by atoms with Gasteiger partial charge in [-0.3, -0.25) is 0 Å². The highest BCUT2D eigenvalue weighted by Gasteiger charge is 2.22. The molecule has 0 saturated carbocycles. The number of nitrogens with zero attached hydrogens (tertiary/aromatic N) is 4. The van der Waals surface area contributed by atoms with E-state index in [1.54, 1.807) is 0 Å².